The molecule has 0 rings (SSSR count). The average molecular weight is 169 g/mol. The van der Waals surface area contributed by atoms with Crippen LogP contribution in [0.1, 0.15) is 0 Å². The fourth-order valence-corrected chi connectivity index (χ4v) is 0.839. The molecular formula is C5H10Cl2N2. The van der Waals surface area contributed by atoms with Crippen molar-refractivity contribution in [3.05, 3.63) is 0 Å². The second-order valence-corrected chi connectivity index (χ2v) is 2.23. The predicted octanol–water partition coefficient (Wildman–Crippen LogP) is 1.38. The molecule has 54 valence electrons. The van der Waals surface area contributed by atoms with Crippen molar-refractivity contribution in [2.45, 2.75) is 0 Å². The lowest BCUT2D eigenvalue weighted by Gasteiger charge is -2.14. The van der Waals surface area contributed by atoms with Crippen LogP contribution in [0.3, 0.4) is 0 Å². The summed E-state index contributed by atoms with van der Waals surface area (Å²) in [6, 6.07) is 0. The molecule has 0 N–H and O–H groups in total. The second-order valence-electron chi connectivity index (χ2n) is 1.47. The van der Waals surface area contributed by atoms with Crippen molar-refractivity contribution < 1.29 is 0 Å². The van der Waals surface area contributed by atoms with Crippen LogP contribution < -0.4 is 0 Å². The van der Waals surface area contributed by atoms with Gasteiger partial charge in [0, 0.05) is 31.6 Å². The zero-order valence-corrected chi connectivity index (χ0v) is 6.70. The van der Waals surface area contributed by atoms with Crippen molar-refractivity contribution in [3.8, 4) is 0 Å². The first-order valence-corrected chi connectivity index (χ1v) is 3.75. The highest BCUT2D eigenvalue weighted by Gasteiger charge is 1.94. The molecular weight excluding hydrogens is 159 g/mol. The van der Waals surface area contributed by atoms with Gasteiger partial charge in [0.2, 0.25) is 0 Å². The Labute approximate surface area is 65.4 Å². The molecule has 2 nitrogen and oxygen atoms in total. The largest absolute Gasteiger partial charge is 0.295 e. The number of nitrogens with zero attached hydrogens (tertiary/aromatic N) is 2. The van der Waals surface area contributed by atoms with Crippen LogP contribution in [0.4, 0.5) is 0 Å². The summed E-state index contributed by atoms with van der Waals surface area (Å²) in [5.41, 5.74) is 0. The Kier molecular flexibility index (Phi) is 6.21. The Balaban J connectivity index is 3.29. The topological polar surface area (TPSA) is 15.6 Å². The average Bonchev–Trinajstić information content (AvgIpc) is 1.88. The van der Waals surface area contributed by atoms with Crippen LogP contribution in [-0.4, -0.2) is 36.6 Å². The summed E-state index contributed by atoms with van der Waals surface area (Å²) in [4.78, 5) is 0. The molecule has 0 heterocycles. The fraction of sp³-hybridized carbons (Fsp3) is 0.800. The first-order valence-electron chi connectivity index (χ1n) is 2.68. The molecule has 0 aromatic rings. The number of hydrogen-bond donors (Lipinski definition) is 0. The van der Waals surface area contributed by atoms with E-state index in [1.54, 1.807) is 5.01 Å². The molecule has 0 unspecified atom stereocenters. The number of halogens is 2. The highest BCUT2D eigenvalue weighted by Crippen LogP contribution is 1.90. The van der Waals surface area contributed by atoms with E-state index in [-0.39, 0.29) is 0 Å². The predicted molar refractivity (Wildman–Crippen MR) is 42.6 cm³/mol. The maximum Gasteiger partial charge on any atom is 0.0496 e. The molecule has 0 aliphatic heterocycles. The van der Waals surface area contributed by atoms with Gasteiger partial charge in [-0.2, -0.15) is 5.10 Å². The maximum atomic E-state index is 5.44. The first kappa shape index (κ1) is 9.05. The third-order valence-corrected chi connectivity index (χ3v) is 1.22. The minimum absolute atomic E-state index is 0.565. The van der Waals surface area contributed by atoms with Gasteiger partial charge in [0.05, 0.1) is 0 Å². The van der Waals surface area contributed by atoms with Gasteiger partial charge in [0.1, 0.15) is 0 Å². The Hall–Kier alpha value is 0.0500. The maximum absolute atomic E-state index is 5.44. The first-order chi connectivity index (χ1) is 4.35. The molecule has 0 saturated carbocycles. The number of hydrazone groups is 1. The fourth-order valence-electron chi connectivity index (χ4n) is 0.448. The van der Waals surface area contributed by atoms with Crippen LogP contribution in [0, 0.1) is 0 Å². The minimum Gasteiger partial charge on any atom is -0.295 e. The molecule has 9 heavy (non-hydrogen) atoms. The van der Waals surface area contributed by atoms with E-state index in [1.807, 2.05) is 0 Å². The van der Waals surface area contributed by atoms with Gasteiger partial charge >= 0.3 is 0 Å². The lowest BCUT2D eigenvalue weighted by molar-refractivity contribution is 0.328. The van der Waals surface area contributed by atoms with Crippen molar-refractivity contribution in [1.82, 2.24) is 5.01 Å². The molecule has 0 saturated heterocycles. The summed E-state index contributed by atoms with van der Waals surface area (Å²) in [6.07, 6.45) is 0. The third-order valence-electron chi connectivity index (χ3n) is 0.885. The minimum atomic E-state index is 0.565. The normalized spacial score (nSPS) is 9.11. The molecule has 0 fully saturated rings. The van der Waals surface area contributed by atoms with Crippen molar-refractivity contribution in [1.29, 1.82) is 0 Å². The smallest absolute Gasteiger partial charge is 0.0496 e. The molecule has 0 bridgehead atoms. The van der Waals surface area contributed by atoms with E-state index >= 15 is 0 Å². The summed E-state index contributed by atoms with van der Waals surface area (Å²) < 4.78 is 0. The van der Waals surface area contributed by atoms with E-state index in [9.17, 15) is 0 Å². The summed E-state index contributed by atoms with van der Waals surface area (Å²) in [5.74, 6) is 1.13. The standard InChI is InChI=1S/C5H10Cl2N2/c1-8-9(4-2-6)5-3-7/h1-5H2. The number of rotatable bonds is 5. The van der Waals surface area contributed by atoms with Gasteiger partial charge in [0.25, 0.3) is 0 Å². The number of alkyl halides is 2. The molecule has 0 aromatic carbocycles. The van der Waals surface area contributed by atoms with Crippen molar-refractivity contribution in [2.24, 2.45) is 5.10 Å². The molecule has 0 radical (unpaired) electrons. The Morgan fingerprint density at radius 1 is 1.22 bits per heavy atom. The van der Waals surface area contributed by atoms with E-state index in [2.05, 4.69) is 11.8 Å². The highest BCUT2D eigenvalue weighted by molar-refractivity contribution is 6.18. The molecule has 0 spiro atoms. The van der Waals surface area contributed by atoms with Crippen LogP contribution in [0.2, 0.25) is 0 Å². The van der Waals surface area contributed by atoms with Crippen molar-refractivity contribution in [2.75, 3.05) is 24.8 Å². The highest BCUT2D eigenvalue weighted by atomic mass is 35.5. The molecule has 0 atom stereocenters. The molecule has 0 aliphatic carbocycles. The Morgan fingerprint density at radius 3 is 1.89 bits per heavy atom. The summed E-state index contributed by atoms with van der Waals surface area (Å²) in [7, 11) is 0. The van der Waals surface area contributed by atoms with E-state index in [0.29, 0.717) is 11.8 Å². The van der Waals surface area contributed by atoms with Crippen LogP contribution in [-0.2, 0) is 0 Å². The molecule has 0 aromatic heterocycles. The van der Waals surface area contributed by atoms with Gasteiger partial charge in [-0.1, -0.05) is 0 Å². The molecule has 0 aliphatic rings. The third kappa shape index (κ3) is 4.55. The van der Waals surface area contributed by atoms with Crippen LogP contribution in [0.15, 0.2) is 5.10 Å². The number of hydrogen-bond acceptors (Lipinski definition) is 2. The van der Waals surface area contributed by atoms with Crippen molar-refractivity contribution >= 4 is 29.9 Å². The lowest BCUT2D eigenvalue weighted by Crippen LogP contribution is -2.21. The summed E-state index contributed by atoms with van der Waals surface area (Å²) >= 11 is 10.9. The molecule has 4 heteroatoms. The van der Waals surface area contributed by atoms with Crippen LogP contribution >= 0.6 is 23.2 Å². The summed E-state index contributed by atoms with van der Waals surface area (Å²) in [6.45, 7) is 4.80. The van der Waals surface area contributed by atoms with Gasteiger partial charge in [-0.3, -0.25) is 5.01 Å². The SMILES string of the molecule is C=NN(CCCl)CCCl. The second kappa shape index (κ2) is 6.17. The van der Waals surface area contributed by atoms with Crippen LogP contribution in [0.5, 0.6) is 0 Å². The van der Waals surface area contributed by atoms with Gasteiger partial charge in [-0.25, -0.2) is 0 Å². The summed E-state index contributed by atoms with van der Waals surface area (Å²) in [5, 5.41) is 5.42. The zero-order chi connectivity index (χ0) is 7.11. The zero-order valence-electron chi connectivity index (χ0n) is 5.19. The van der Waals surface area contributed by atoms with Gasteiger partial charge in [0.15, 0.2) is 0 Å². The van der Waals surface area contributed by atoms with Gasteiger partial charge < -0.3 is 0 Å². The monoisotopic (exact) mass is 168 g/mol. The van der Waals surface area contributed by atoms with E-state index in [1.165, 1.54) is 0 Å². The van der Waals surface area contributed by atoms with Crippen LogP contribution in [0.25, 0.3) is 0 Å². The van der Waals surface area contributed by atoms with Gasteiger partial charge in [-0.05, 0) is 0 Å². The van der Waals surface area contributed by atoms with Crippen molar-refractivity contribution in [3.63, 3.8) is 0 Å². The van der Waals surface area contributed by atoms with E-state index in [0.717, 1.165) is 13.1 Å². The van der Waals surface area contributed by atoms with E-state index < -0.39 is 0 Å². The van der Waals surface area contributed by atoms with Gasteiger partial charge in [-0.15, -0.1) is 23.2 Å². The molecule has 0 amide bonds. The Morgan fingerprint density at radius 2 is 1.67 bits per heavy atom. The lowest BCUT2D eigenvalue weighted by atomic mass is 10.6. The van der Waals surface area contributed by atoms with E-state index in [4.69, 9.17) is 23.2 Å². The Bertz CT molecular complexity index is 71.4. The quantitative estimate of drug-likeness (QED) is 0.345.